The zero-order chi connectivity index (χ0) is 24.6. The highest BCUT2D eigenvalue weighted by Crippen LogP contribution is 2.31. The number of rotatable bonds is 6. The molecular weight excluding hydrogens is 476 g/mol. The fraction of sp³-hybridized carbons (Fsp3) is 0.111. The highest BCUT2D eigenvalue weighted by atomic mass is 32.1. The summed E-state index contributed by atoms with van der Waals surface area (Å²) in [5.74, 6) is -0.783. The fourth-order valence-electron chi connectivity index (χ4n) is 4.47. The van der Waals surface area contributed by atoms with E-state index in [1.807, 2.05) is 18.2 Å². The van der Waals surface area contributed by atoms with Gasteiger partial charge in [0.2, 0.25) is 0 Å². The third-order valence-electron chi connectivity index (χ3n) is 6.20. The lowest BCUT2D eigenvalue weighted by Gasteiger charge is -2.14. The monoisotopic (exact) mass is 494 g/mol. The van der Waals surface area contributed by atoms with Crippen molar-refractivity contribution in [2.75, 3.05) is 6.61 Å². The van der Waals surface area contributed by atoms with Crippen LogP contribution in [0.3, 0.4) is 0 Å². The standard InChI is InChI=1S/C27H18N4O4S/c32-26(18-3-6-24-16(13-18)7-10-35-24)19(11-15-1-4-20-22(12-15)29-9-8-28-20)25(27(33)34)17-2-5-21-23(14-17)31-36-30-21/h1-6,8-9,12-14H,7,10-11H2,(H,33,34). The number of ketones is 1. The number of aliphatic carboxylic acids is 1. The Labute approximate surface area is 209 Å². The van der Waals surface area contributed by atoms with Crippen LogP contribution in [-0.4, -0.2) is 42.2 Å². The van der Waals surface area contributed by atoms with E-state index >= 15 is 0 Å². The summed E-state index contributed by atoms with van der Waals surface area (Å²) in [5, 5.41) is 10.3. The van der Waals surface area contributed by atoms with Gasteiger partial charge in [-0.3, -0.25) is 14.8 Å². The zero-order valence-corrected chi connectivity index (χ0v) is 19.7. The van der Waals surface area contributed by atoms with Gasteiger partial charge in [-0.05, 0) is 59.2 Å². The second-order valence-corrected chi connectivity index (χ2v) is 8.96. The summed E-state index contributed by atoms with van der Waals surface area (Å²) >= 11 is 1.05. The molecule has 5 aromatic rings. The van der Waals surface area contributed by atoms with E-state index in [2.05, 4.69) is 18.7 Å². The number of benzene rings is 3. The summed E-state index contributed by atoms with van der Waals surface area (Å²) in [7, 11) is 0. The average Bonchev–Trinajstić information content (AvgIpc) is 3.56. The Balaban J connectivity index is 1.52. The van der Waals surface area contributed by atoms with Gasteiger partial charge in [-0.1, -0.05) is 12.1 Å². The van der Waals surface area contributed by atoms with Crippen LogP contribution >= 0.6 is 11.7 Å². The third kappa shape index (κ3) is 3.99. The number of carbonyl (C=O) groups excluding carboxylic acids is 1. The van der Waals surface area contributed by atoms with Gasteiger partial charge in [0.1, 0.15) is 16.8 Å². The van der Waals surface area contributed by atoms with E-state index in [9.17, 15) is 14.7 Å². The molecule has 3 heterocycles. The second-order valence-electron chi connectivity index (χ2n) is 8.43. The number of hydrogen-bond donors (Lipinski definition) is 1. The van der Waals surface area contributed by atoms with E-state index in [4.69, 9.17) is 4.74 Å². The van der Waals surface area contributed by atoms with E-state index in [1.54, 1.807) is 48.8 Å². The number of ether oxygens (including phenoxy) is 1. The molecule has 6 rings (SSSR count). The molecule has 176 valence electrons. The molecule has 0 saturated carbocycles. The molecule has 0 saturated heterocycles. The van der Waals surface area contributed by atoms with E-state index in [0.717, 1.165) is 34.1 Å². The van der Waals surface area contributed by atoms with Crippen LogP contribution < -0.4 is 4.74 Å². The lowest BCUT2D eigenvalue weighted by molar-refractivity contribution is -0.130. The first-order valence-electron chi connectivity index (χ1n) is 11.3. The van der Waals surface area contributed by atoms with E-state index in [1.165, 1.54) is 0 Å². The number of Topliss-reactive ketones (excluding diaryl/α,β-unsaturated/α-hetero) is 1. The predicted molar refractivity (Wildman–Crippen MR) is 135 cm³/mol. The van der Waals surface area contributed by atoms with Crippen molar-refractivity contribution in [2.45, 2.75) is 12.8 Å². The smallest absolute Gasteiger partial charge is 0.336 e. The molecule has 0 fully saturated rings. The van der Waals surface area contributed by atoms with E-state index in [-0.39, 0.29) is 23.4 Å². The van der Waals surface area contributed by atoms with Crippen molar-refractivity contribution in [1.82, 2.24) is 18.7 Å². The number of carboxylic acids is 1. The molecule has 2 aromatic heterocycles. The number of fused-ring (bicyclic) bond motifs is 3. The van der Waals surface area contributed by atoms with Gasteiger partial charge in [0.15, 0.2) is 5.78 Å². The molecule has 36 heavy (non-hydrogen) atoms. The maximum atomic E-state index is 13.9. The summed E-state index contributed by atoms with van der Waals surface area (Å²) in [6.07, 6.45) is 4.02. The number of nitrogens with zero attached hydrogens (tertiary/aromatic N) is 4. The van der Waals surface area contributed by atoms with Gasteiger partial charge in [0.25, 0.3) is 0 Å². The van der Waals surface area contributed by atoms with Gasteiger partial charge < -0.3 is 9.84 Å². The van der Waals surface area contributed by atoms with Gasteiger partial charge >= 0.3 is 5.97 Å². The molecule has 0 unspecified atom stereocenters. The van der Waals surface area contributed by atoms with E-state index < -0.39 is 5.97 Å². The minimum absolute atomic E-state index is 0.0640. The first-order valence-corrected chi connectivity index (χ1v) is 12.0. The maximum Gasteiger partial charge on any atom is 0.336 e. The van der Waals surface area contributed by atoms with Crippen LogP contribution in [0.2, 0.25) is 0 Å². The zero-order valence-electron chi connectivity index (χ0n) is 18.8. The largest absolute Gasteiger partial charge is 0.493 e. The highest BCUT2D eigenvalue weighted by molar-refractivity contribution is 7.00. The quantitative estimate of drug-likeness (QED) is 0.270. The summed E-state index contributed by atoms with van der Waals surface area (Å²) in [6, 6.07) is 15.8. The molecule has 0 bridgehead atoms. The summed E-state index contributed by atoms with van der Waals surface area (Å²) in [6.45, 7) is 0.565. The number of carboxylic acid groups (broad SMARTS) is 1. The third-order valence-corrected chi connectivity index (χ3v) is 6.76. The molecule has 1 N–H and O–H groups in total. The minimum atomic E-state index is -1.19. The molecule has 8 nitrogen and oxygen atoms in total. The normalized spacial score (nSPS) is 13.3. The molecule has 0 spiro atoms. The number of allylic oxidation sites excluding steroid dienone is 1. The van der Waals surface area contributed by atoms with Crippen molar-refractivity contribution in [3.63, 3.8) is 0 Å². The van der Waals surface area contributed by atoms with Crippen LogP contribution in [-0.2, 0) is 17.6 Å². The molecule has 9 heteroatoms. The minimum Gasteiger partial charge on any atom is -0.493 e. The Hall–Kier alpha value is -4.50. The molecule has 1 aliphatic rings. The van der Waals surface area contributed by atoms with Crippen LogP contribution in [0.4, 0.5) is 0 Å². The fourth-order valence-corrected chi connectivity index (χ4v) is 4.99. The summed E-state index contributed by atoms with van der Waals surface area (Å²) in [4.78, 5) is 35.2. The molecule has 1 aliphatic heterocycles. The van der Waals surface area contributed by atoms with Crippen LogP contribution in [0.15, 0.2) is 72.6 Å². The lowest BCUT2D eigenvalue weighted by atomic mass is 9.88. The van der Waals surface area contributed by atoms with Crippen molar-refractivity contribution >= 4 is 51.1 Å². The molecule has 0 radical (unpaired) electrons. The Bertz CT molecular complexity index is 1710. The maximum absolute atomic E-state index is 13.9. The van der Waals surface area contributed by atoms with Crippen LogP contribution in [0.5, 0.6) is 5.75 Å². The summed E-state index contributed by atoms with van der Waals surface area (Å²) < 4.78 is 14.0. The van der Waals surface area contributed by atoms with Gasteiger partial charge in [0, 0.05) is 36.4 Å². The van der Waals surface area contributed by atoms with Crippen molar-refractivity contribution in [1.29, 1.82) is 0 Å². The SMILES string of the molecule is O=C(O)C(=C(Cc1ccc2nccnc2c1)C(=O)c1ccc2c(c1)CCO2)c1ccc2nsnc2c1. The van der Waals surface area contributed by atoms with Crippen molar-refractivity contribution in [2.24, 2.45) is 0 Å². The van der Waals surface area contributed by atoms with Crippen LogP contribution in [0.25, 0.3) is 27.6 Å². The van der Waals surface area contributed by atoms with Gasteiger partial charge in [0.05, 0.1) is 34.9 Å². The lowest BCUT2D eigenvalue weighted by Crippen LogP contribution is -2.14. The highest BCUT2D eigenvalue weighted by Gasteiger charge is 2.26. The average molecular weight is 495 g/mol. The number of hydrogen-bond acceptors (Lipinski definition) is 8. The van der Waals surface area contributed by atoms with Gasteiger partial charge in [-0.2, -0.15) is 8.75 Å². The van der Waals surface area contributed by atoms with Crippen molar-refractivity contribution in [3.8, 4) is 5.75 Å². The van der Waals surface area contributed by atoms with Gasteiger partial charge in [-0.15, -0.1) is 0 Å². The topological polar surface area (TPSA) is 115 Å². The summed E-state index contributed by atoms with van der Waals surface area (Å²) in [5.41, 5.74) is 5.27. The number of carbonyl (C=O) groups is 2. The van der Waals surface area contributed by atoms with Crippen molar-refractivity contribution < 1.29 is 19.4 Å². The second kappa shape index (κ2) is 8.94. The van der Waals surface area contributed by atoms with E-state index in [0.29, 0.717) is 40.7 Å². The Kier molecular flexibility index (Phi) is 5.46. The molecule has 0 atom stereocenters. The molecule has 0 amide bonds. The van der Waals surface area contributed by atoms with Crippen LogP contribution in [0, 0.1) is 0 Å². The first-order chi connectivity index (χ1) is 17.6. The first kappa shape index (κ1) is 22.0. The van der Waals surface area contributed by atoms with Gasteiger partial charge in [-0.25, -0.2) is 4.79 Å². The van der Waals surface area contributed by atoms with Crippen molar-refractivity contribution in [3.05, 3.63) is 94.8 Å². The molecular formula is C27H18N4O4S. The number of aromatic nitrogens is 4. The predicted octanol–water partition coefficient (Wildman–Crippen LogP) is 4.53. The Morgan fingerprint density at radius 3 is 2.50 bits per heavy atom. The Morgan fingerprint density at radius 2 is 1.64 bits per heavy atom. The van der Waals surface area contributed by atoms with Crippen LogP contribution in [0.1, 0.15) is 27.0 Å². The Morgan fingerprint density at radius 1 is 0.861 bits per heavy atom. The molecule has 3 aromatic carbocycles. The molecule has 0 aliphatic carbocycles.